The molecular weight excluding hydrogens is 366 g/mol. The second-order valence-corrected chi connectivity index (χ2v) is 6.84. The van der Waals surface area contributed by atoms with Crippen molar-refractivity contribution in [2.75, 3.05) is 32.6 Å². The average molecular weight is 387 g/mol. The third kappa shape index (κ3) is 4.33. The van der Waals surface area contributed by atoms with E-state index in [-0.39, 0.29) is 5.91 Å². The molecule has 0 aromatic heterocycles. The molecule has 1 unspecified atom stereocenters. The van der Waals surface area contributed by atoms with E-state index in [9.17, 15) is 4.79 Å². The summed E-state index contributed by atoms with van der Waals surface area (Å²) in [5, 5.41) is 12.1. The fraction of sp³-hybridized carbons (Fsp3) is 0.300. The molecule has 0 saturated carbocycles. The molecule has 0 radical (unpaired) electrons. The number of nitrogens with zero attached hydrogens (tertiary/aromatic N) is 1. The molecule has 140 valence electrons. The van der Waals surface area contributed by atoms with Gasteiger partial charge in [0.05, 0.1) is 31.4 Å². The number of carbonyl (C=O) groups excluding carboxylic acids is 1. The topological polar surface area (TPSA) is 75.8 Å². The standard InChI is InChI=1S/C20H20ClN3O3/c1-26-18-7-13-5-6-24(11-15(13)8-19(18)27-2)12-20(25)23-16-4-3-14(10-22)17(21)9-16/h3-4,7-9H,5-6,11-12H2,1-2H3,(H,23,25)/p+1. The van der Waals surface area contributed by atoms with Gasteiger partial charge in [0.15, 0.2) is 18.0 Å². The summed E-state index contributed by atoms with van der Waals surface area (Å²) in [5.41, 5.74) is 3.38. The number of fused-ring (bicyclic) bond motifs is 1. The molecule has 7 heteroatoms. The minimum absolute atomic E-state index is 0.0882. The van der Waals surface area contributed by atoms with Crippen LogP contribution < -0.4 is 19.7 Å². The first-order valence-corrected chi connectivity index (χ1v) is 8.98. The van der Waals surface area contributed by atoms with Crippen molar-refractivity contribution in [3.8, 4) is 17.6 Å². The number of hydrogen-bond acceptors (Lipinski definition) is 4. The maximum Gasteiger partial charge on any atom is 0.279 e. The molecule has 0 saturated heterocycles. The Morgan fingerprint density at radius 3 is 2.56 bits per heavy atom. The van der Waals surface area contributed by atoms with E-state index in [2.05, 4.69) is 5.32 Å². The summed E-state index contributed by atoms with van der Waals surface area (Å²) in [7, 11) is 3.25. The Morgan fingerprint density at radius 2 is 1.93 bits per heavy atom. The molecule has 3 rings (SSSR count). The van der Waals surface area contributed by atoms with Gasteiger partial charge in [0.25, 0.3) is 5.91 Å². The van der Waals surface area contributed by atoms with E-state index in [1.165, 1.54) is 16.0 Å². The first kappa shape index (κ1) is 19.0. The third-order valence-electron chi connectivity index (χ3n) is 4.68. The highest BCUT2D eigenvalue weighted by atomic mass is 35.5. The van der Waals surface area contributed by atoms with Crippen molar-refractivity contribution in [3.05, 3.63) is 52.0 Å². The van der Waals surface area contributed by atoms with Crippen LogP contribution in [0.4, 0.5) is 5.69 Å². The van der Waals surface area contributed by atoms with E-state index in [1.54, 1.807) is 32.4 Å². The van der Waals surface area contributed by atoms with Gasteiger partial charge in [0, 0.05) is 17.7 Å². The molecule has 1 aliphatic heterocycles. The van der Waals surface area contributed by atoms with Crippen molar-refractivity contribution in [2.45, 2.75) is 13.0 Å². The number of ether oxygens (including phenoxy) is 2. The number of rotatable bonds is 5. The molecule has 6 nitrogen and oxygen atoms in total. The van der Waals surface area contributed by atoms with Gasteiger partial charge in [-0.1, -0.05) is 11.6 Å². The molecule has 2 aromatic rings. The maximum atomic E-state index is 12.4. The van der Waals surface area contributed by atoms with E-state index in [4.69, 9.17) is 26.3 Å². The van der Waals surface area contributed by atoms with Gasteiger partial charge < -0.3 is 19.7 Å². The SMILES string of the molecule is COc1cc2c(cc1OC)C[NH+](CC(=O)Nc1ccc(C#N)c(Cl)c1)CC2. The van der Waals surface area contributed by atoms with Crippen LogP contribution in [0.1, 0.15) is 16.7 Å². The van der Waals surface area contributed by atoms with Crippen LogP contribution in [0.15, 0.2) is 30.3 Å². The summed E-state index contributed by atoms with van der Waals surface area (Å²) in [4.78, 5) is 13.6. The monoisotopic (exact) mass is 386 g/mol. The van der Waals surface area contributed by atoms with Gasteiger partial charge >= 0.3 is 0 Å². The minimum atomic E-state index is -0.0882. The number of quaternary nitrogens is 1. The van der Waals surface area contributed by atoms with Gasteiger partial charge in [-0.25, -0.2) is 0 Å². The normalized spacial score (nSPS) is 15.4. The third-order valence-corrected chi connectivity index (χ3v) is 4.99. The highest BCUT2D eigenvalue weighted by Gasteiger charge is 2.24. The first-order valence-electron chi connectivity index (χ1n) is 8.61. The van der Waals surface area contributed by atoms with E-state index < -0.39 is 0 Å². The van der Waals surface area contributed by atoms with Crippen LogP contribution in [0.25, 0.3) is 0 Å². The number of hydrogen-bond donors (Lipinski definition) is 2. The molecule has 0 fully saturated rings. The molecule has 1 heterocycles. The van der Waals surface area contributed by atoms with E-state index in [1.807, 2.05) is 18.2 Å². The molecule has 1 amide bonds. The van der Waals surface area contributed by atoms with Crippen molar-refractivity contribution in [3.63, 3.8) is 0 Å². The number of carbonyl (C=O) groups is 1. The van der Waals surface area contributed by atoms with E-state index in [0.29, 0.717) is 28.6 Å². The van der Waals surface area contributed by atoms with E-state index in [0.717, 1.165) is 25.3 Å². The van der Waals surface area contributed by atoms with Crippen LogP contribution in [0, 0.1) is 11.3 Å². The van der Waals surface area contributed by atoms with E-state index >= 15 is 0 Å². The molecular formula is C20H21ClN3O3+. The lowest BCUT2D eigenvalue weighted by atomic mass is 9.99. The lowest BCUT2D eigenvalue weighted by molar-refractivity contribution is -0.907. The number of amides is 1. The van der Waals surface area contributed by atoms with Crippen LogP contribution >= 0.6 is 11.6 Å². The van der Waals surface area contributed by atoms with Crippen LogP contribution in [-0.2, 0) is 17.8 Å². The van der Waals surface area contributed by atoms with Crippen molar-refractivity contribution >= 4 is 23.2 Å². The van der Waals surface area contributed by atoms with Crippen molar-refractivity contribution < 1.29 is 19.2 Å². The summed E-state index contributed by atoms with van der Waals surface area (Å²) >= 11 is 6.01. The predicted octanol–water partition coefficient (Wildman–Crippen LogP) is 1.81. The number of anilines is 1. The Balaban J connectivity index is 1.65. The van der Waals surface area contributed by atoms with Crippen molar-refractivity contribution in [1.29, 1.82) is 5.26 Å². The van der Waals surface area contributed by atoms with Gasteiger partial charge in [-0.05, 0) is 35.9 Å². The minimum Gasteiger partial charge on any atom is -0.493 e. The predicted molar refractivity (Wildman–Crippen MR) is 102 cm³/mol. The molecule has 2 aromatic carbocycles. The zero-order valence-corrected chi connectivity index (χ0v) is 16.0. The fourth-order valence-electron chi connectivity index (χ4n) is 3.30. The van der Waals surface area contributed by atoms with Gasteiger partial charge in [-0.15, -0.1) is 0 Å². The summed E-state index contributed by atoms with van der Waals surface area (Å²) in [6.07, 6.45) is 0.876. The number of benzene rings is 2. The lowest BCUT2D eigenvalue weighted by Crippen LogP contribution is -3.12. The number of nitriles is 1. The average Bonchev–Trinajstić information content (AvgIpc) is 2.66. The molecule has 0 bridgehead atoms. The Bertz CT molecular complexity index is 908. The number of nitrogens with one attached hydrogen (secondary N) is 2. The summed E-state index contributed by atoms with van der Waals surface area (Å²) in [6, 6.07) is 10.9. The molecule has 1 atom stereocenters. The van der Waals surface area contributed by atoms with Gasteiger partial charge in [-0.3, -0.25) is 4.79 Å². The largest absolute Gasteiger partial charge is 0.493 e. The summed E-state index contributed by atoms with van der Waals surface area (Å²) in [6.45, 7) is 1.96. The van der Waals surface area contributed by atoms with Gasteiger partial charge in [-0.2, -0.15) is 5.26 Å². The van der Waals surface area contributed by atoms with Gasteiger partial charge in [0.2, 0.25) is 0 Å². The zero-order valence-electron chi connectivity index (χ0n) is 15.3. The van der Waals surface area contributed by atoms with Crippen LogP contribution in [0.2, 0.25) is 5.02 Å². The van der Waals surface area contributed by atoms with Crippen molar-refractivity contribution in [1.82, 2.24) is 0 Å². The maximum absolute atomic E-state index is 12.4. The summed E-state index contributed by atoms with van der Waals surface area (Å²) < 4.78 is 10.7. The first-order chi connectivity index (χ1) is 13.0. The Morgan fingerprint density at radius 1 is 1.22 bits per heavy atom. The quantitative estimate of drug-likeness (QED) is 0.821. The lowest BCUT2D eigenvalue weighted by Gasteiger charge is -2.26. The van der Waals surface area contributed by atoms with Crippen molar-refractivity contribution in [2.24, 2.45) is 0 Å². The summed E-state index contributed by atoms with van der Waals surface area (Å²) in [5.74, 6) is 1.35. The van der Waals surface area contributed by atoms with Crippen LogP contribution in [0.3, 0.4) is 0 Å². The van der Waals surface area contributed by atoms with Crippen LogP contribution in [0.5, 0.6) is 11.5 Å². The molecule has 0 aliphatic carbocycles. The fourth-order valence-corrected chi connectivity index (χ4v) is 3.52. The molecule has 1 aliphatic rings. The van der Waals surface area contributed by atoms with Crippen LogP contribution in [-0.4, -0.2) is 33.2 Å². The molecule has 0 spiro atoms. The Kier molecular flexibility index (Phi) is 5.84. The Labute approximate surface area is 163 Å². The highest BCUT2D eigenvalue weighted by molar-refractivity contribution is 6.32. The number of methoxy groups -OCH3 is 2. The zero-order chi connectivity index (χ0) is 19.4. The van der Waals surface area contributed by atoms with Gasteiger partial charge in [0.1, 0.15) is 12.6 Å². The second-order valence-electron chi connectivity index (χ2n) is 6.43. The molecule has 27 heavy (non-hydrogen) atoms. The second kappa shape index (κ2) is 8.30. The highest BCUT2D eigenvalue weighted by Crippen LogP contribution is 2.31. The molecule has 2 N–H and O–H groups in total. The smallest absolute Gasteiger partial charge is 0.279 e. The number of halogens is 1. The Hall–Kier alpha value is -2.75.